The van der Waals surface area contributed by atoms with E-state index < -0.39 is 65.3 Å². The van der Waals surface area contributed by atoms with Crippen LogP contribution in [-0.2, 0) is 5.41 Å². The fraction of sp³-hybridized carbons (Fsp3) is 0.250. The molecule has 18 heavy (non-hydrogen) atoms. The monoisotopic (exact) mass is 250 g/mol. The van der Waals surface area contributed by atoms with Gasteiger partial charge in [0.05, 0.1) is 11.0 Å². The van der Waals surface area contributed by atoms with Gasteiger partial charge in [-0.15, -0.1) is 0 Å². The van der Waals surface area contributed by atoms with Crippen LogP contribution in [0.15, 0.2) is 48.3 Å². The maximum Gasteiger partial charge on any atom is 0.115 e. The smallest absolute Gasteiger partial charge is 0.115 e. The van der Waals surface area contributed by atoms with Crippen molar-refractivity contribution in [3.05, 3.63) is 59.5 Å². The summed E-state index contributed by atoms with van der Waals surface area (Å²) in [6, 6.07) is -4.64. The first-order chi connectivity index (χ1) is 11.9. The molecule has 0 aliphatic rings. The summed E-state index contributed by atoms with van der Waals surface area (Å²) in [6.45, 7) is 3.15. The van der Waals surface area contributed by atoms with Crippen molar-refractivity contribution in [3.8, 4) is 11.5 Å². The second-order valence-corrected chi connectivity index (χ2v) is 4.13. The highest BCUT2D eigenvalue weighted by Crippen LogP contribution is 2.36. The topological polar surface area (TPSA) is 40.5 Å². The Kier molecular flexibility index (Phi) is 1.52. The minimum absolute atomic E-state index is 0.135. The fourth-order valence-electron chi connectivity index (χ4n) is 1.64. The molecule has 0 amide bonds. The Morgan fingerprint density at radius 1 is 0.889 bits per heavy atom. The van der Waals surface area contributed by atoms with Crippen molar-refractivity contribution in [1.82, 2.24) is 0 Å². The maximum absolute atomic E-state index is 9.75. The van der Waals surface area contributed by atoms with Gasteiger partial charge in [0.2, 0.25) is 0 Å². The molecule has 0 unspecified atom stereocenters. The third-order valence-corrected chi connectivity index (χ3v) is 3.03. The van der Waals surface area contributed by atoms with Crippen molar-refractivity contribution in [2.75, 3.05) is 0 Å². The zero-order valence-corrected chi connectivity index (χ0v) is 10.1. The molecule has 0 aromatic heterocycles. The minimum atomic E-state index is -1.42. The van der Waals surface area contributed by atoms with Crippen LogP contribution in [-0.4, -0.2) is 10.2 Å². The van der Waals surface area contributed by atoms with Crippen LogP contribution in [0.25, 0.3) is 0 Å². The molecule has 0 saturated carbocycles. The van der Waals surface area contributed by atoms with Gasteiger partial charge in [-0.1, -0.05) is 38.0 Å². The van der Waals surface area contributed by atoms with Gasteiger partial charge < -0.3 is 10.2 Å². The van der Waals surface area contributed by atoms with Crippen LogP contribution in [0, 0.1) is 0 Å². The molecular weight excluding hydrogens is 224 g/mol. The number of phenols is 2. The predicted octanol–water partition coefficient (Wildman–Crippen LogP) is 3.81. The van der Waals surface area contributed by atoms with Crippen LogP contribution in [0.1, 0.15) is 42.4 Å². The van der Waals surface area contributed by atoms with Crippen LogP contribution < -0.4 is 0 Å². The molecule has 0 bridgehead atoms. The lowest BCUT2D eigenvalue weighted by atomic mass is 9.74. The molecule has 0 saturated heterocycles. The predicted molar refractivity (Wildman–Crippen MR) is 73.0 cm³/mol. The van der Waals surface area contributed by atoms with Crippen LogP contribution in [0.2, 0.25) is 0 Å². The maximum atomic E-state index is 9.75. The average molecular weight is 250 g/mol. The molecule has 2 rings (SSSR count). The lowest BCUT2D eigenvalue weighted by Crippen LogP contribution is -2.22. The molecule has 2 N–H and O–H groups in total. The summed E-state index contributed by atoms with van der Waals surface area (Å²) >= 11 is 0. The summed E-state index contributed by atoms with van der Waals surface area (Å²) in [5, 5.41) is 19.5. The summed E-state index contributed by atoms with van der Waals surface area (Å²) < 4.78 is 63.9. The van der Waals surface area contributed by atoms with E-state index in [9.17, 15) is 10.2 Å². The van der Waals surface area contributed by atoms with E-state index in [1.165, 1.54) is 6.92 Å². The van der Waals surface area contributed by atoms with Crippen molar-refractivity contribution in [2.45, 2.75) is 25.7 Å². The van der Waals surface area contributed by atoms with Gasteiger partial charge in [-0.3, -0.25) is 0 Å². The Hall–Kier alpha value is -1.96. The second-order valence-electron chi connectivity index (χ2n) is 4.13. The molecular formula is C16H18O2. The number of phenolic OH excluding ortho intramolecular Hbond substituents is 2. The molecule has 0 fully saturated rings. The van der Waals surface area contributed by atoms with E-state index in [0.717, 1.165) is 0 Å². The lowest BCUT2D eigenvalue weighted by molar-refractivity contribution is 0.472. The van der Waals surface area contributed by atoms with Gasteiger partial charge in [0.1, 0.15) is 11.5 Å². The van der Waals surface area contributed by atoms with Gasteiger partial charge >= 0.3 is 0 Å². The molecule has 2 heteroatoms. The second kappa shape index (κ2) is 4.73. The van der Waals surface area contributed by atoms with E-state index in [2.05, 4.69) is 0 Å². The zero-order valence-electron chi connectivity index (χ0n) is 18.1. The summed E-state index contributed by atoms with van der Waals surface area (Å²) in [5.41, 5.74) is -1.69. The van der Waals surface area contributed by atoms with Crippen molar-refractivity contribution in [3.63, 3.8) is 0 Å². The Balaban J connectivity index is 3.03. The molecule has 94 valence electrons. The Morgan fingerprint density at radius 2 is 1.22 bits per heavy atom. The van der Waals surface area contributed by atoms with Crippen molar-refractivity contribution in [1.29, 1.82) is 0 Å². The highest BCUT2D eigenvalue weighted by Gasteiger charge is 2.26. The minimum Gasteiger partial charge on any atom is -0.508 e. The van der Waals surface area contributed by atoms with Crippen molar-refractivity contribution < 1.29 is 21.2 Å². The molecule has 0 atom stereocenters. The summed E-state index contributed by atoms with van der Waals surface area (Å²) in [5.74, 6) is -1.60. The first kappa shape index (κ1) is 5.79. The van der Waals surface area contributed by atoms with E-state index in [-0.39, 0.29) is 17.5 Å². The number of aromatic hydroxyl groups is 2. The van der Waals surface area contributed by atoms with Gasteiger partial charge in [0.25, 0.3) is 0 Å². The summed E-state index contributed by atoms with van der Waals surface area (Å²) in [7, 11) is 0. The van der Waals surface area contributed by atoms with Gasteiger partial charge in [0.15, 0.2) is 0 Å². The zero-order chi connectivity index (χ0) is 20.1. The van der Waals surface area contributed by atoms with E-state index in [4.69, 9.17) is 11.0 Å². The van der Waals surface area contributed by atoms with E-state index in [1.54, 1.807) is 6.92 Å². The molecule has 0 aliphatic carbocycles. The van der Waals surface area contributed by atoms with Crippen molar-refractivity contribution in [2.24, 2.45) is 0 Å². The normalized spacial score (nSPS) is 17.7. The summed E-state index contributed by atoms with van der Waals surface area (Å²) in [4.78, 5) is 0. The Labute approximate surface area is 119 Å². The highest BCUT2D eigenvalue weighted by molar-refractivity contribution is 5.41. The SMILES string of the molecule is [2H]c1c([2H])c(C(C)(CC)c2c([2H])c([2H])c(O)c([2H])c2[2H])c([2H])c([2H])c1O. The van der Waals surface area contributed by atoms with Gasteiger partial charge in [-0.25, -0.2) is 0 Å². The standard InChI is InChI=1S/C16H18O2/c1-3-16(2,12-4-8-14(17)9-5-12)13-6-10-15(18)11-7-13/h4-11,17-18H,3H2,1-2H3/i4D,5D,6D,7D,8D,9D,10D,11D. The number of hydrogen-bond acceptors (Lipinski definition) is 2. The van der Waals surface area contributed by atoms with E-state index in [0.29, 0.717) is 0 Å². The molecule has 0 heterocycles. The number of hydrogen-bond donors (Lipinski definition) is 2. The van der Waals surface area contributed by atoms with Crippen LogP contribution in [0.5, 0.6) is 11.5 Å². The van der Waals surface area contributed by atoms with Crippen LogP contribution >= 0.6 is 0 Å². The molecule has 2 nitrogen and oxygen atoms in total. The molecule has 2 aromatic rings. The fourth-order valence-corrected chi connectivity index (χ4v) is 1.64. The molecule has 0 spiro atoms. The van der Waals surface area contributed by atoms with Crippen molar-refractivity contribution >= 4 is 0 Å². The lowest BCUT2D eigenvalue weighted by Gasteiger charge is -2.29. The molecule has 2 aromatic carbocycles. The molecule has 0 radical (unpaired) electrons. The Bertz CT molecular complexity index is 783. The molecule has 0 aliphatic heterocycles. The third kappa shape index (κ3) is 2.19. The van der Waals surface area contributed by atoms with Gasteiger partial charge in [-0.05, 0) is 41.7 Å². The first-order valence-corrected chi connectivity index (χ1v) is 5.51. The Morgan fingerprint density at radius 3 is 1.50 bits per heavy atom. The number of rotatable bonds is 3. The summed E-state index contributed by atoms with van der Waals surface area (Å²) in [6.07, 6.45) is 0.135. The third-order valence-electron chi connectivity index (χ3n) is 3.03. The largest absolute Gasteiger partial charge is 0.508 e. The first-order valence-electron chi connectivity index (χ1n) is 9.51. The van der Waals surface area contributed by atoms with Crippen LogP contribution in [0.3, 0.4) is 0 Å². The van der Waals surface area contributed by atoms with Gasteiger partial charge in [0, 0.05) is 5.41 Å². The van der Waals surface area contributed by atoms with E-state index >= 15 is 0 Å². The van der Waals surface area contributed by atoms with Crippen LogP contribution in [0.4, 0.5) is 0 Å². The number of benzene rings is 2. The van der Waals surface area contributed by atoms with Gasteiger partial charge in [-0.2, -0.15) is 0 Å². The highest BCUT2D eigenvalue weighted by atomic mass is 16.3. The quantitative estimate of drug-likeness (QED) is 0.869. The van der Waals surface area contributed by atoms with E-state index in [1.807, 2.05) is 0 Å². The average Bonchev–Trinajstić information content (AvgIpc) is 2.61.